The molecule has 108 valence electrons. The quantitative estimate of drug-likeness (QED) is 0.572. The molecule has 0 aliphatic carbocycles. The number of aliphatic hydroxyl groups is 3. The minimum Gasteiger partial charge on any atom is -0.390 e. The van der Waals surface area contributed by atoms with Gasteiger partial charge in [0.1, 0.15) is 12.3 Å². The molecule has 2 unspecified atom stereocenters. The molecule has 3 rings (SSSR count). The van der Waals surface area contributed by atoms with Gasteiger partial charge in [-0.15, -0.1) is 0 Å². The molecule has 4 atom stereocenters. The van der Waals surface area contributed by atoms with Crippen molar-refractivity contribution in [3.05, 3.63) is 35.9 Å². The fourth-order valence-electron chi connectivity index (χ4n) is 2.79. The zero-order valence-corrected chi connectivity index (χ0v) is 11.1. The van der Waals surface area contributed by atoms with Crippen LogP contribution in [0.1, 0.15) is 12.0 Å². The Morgan fingerprint density at radius 1 is 1.20 bits per heavy atom. The molecule has 6 nitrogen and oxygen atoms in total. The van der Waals surface area contributed by atoms with Crippen molar-refractivity contribution in [1.29, 1.82) is 0 Å². The Hall–Kier alpha value is -1.63. The van der Waals surface area contributed by atoms with Crippen molar-refractivity contribution in [2.75, 3.05) is 6.54 Å². The highest BCUT2D eigenvalue weighted by Gasteiger charge is 2.45. The number of nitrogens with one attached hydrogen (secondary N) is 1. The lowest BCUT2D eigenvalue weighted by atomic mass is 9.96. The monoisotopic (exact) mass is 277 g/mol. The van der Waals surface area contributed by atoms with E-state index in [0.717, 1.165) is 5.56 Å². The molecule has 1 aromatic carbocycles. The molecule has 6 heteroatoms. The molecule has 2 aliphatic heterocycles. The number of guanidine groups is 1. The first-order chi connectivity index (χ1) is 9.66. The molecule has 0 amide bonds. The Labute approximate surface area is 117 Å². The summed E-state index contributed by atoms with van der Waals surface area (Å²) in [7, 11) is 0. The second kappa shape index (κ2) is 5.40. The molecule has 2 aliphatic rings. The number of aliphatic imine (C=N–C) groups is 1. The second-order valence-electron chi connectivity index (χ2n) is 5.25. The average Bonchev–Trinajstić information content (AvgIpc) is 2.88. The standard InChI is InChI=1S/C14H19N3O3/c18-11-6-12(19)17-10(13(11)20)8-16-14(17)15-7-9-4-2-1-3-5-9/h1-5,10-13,18-20H,6-8H2,(H,15,16)/t10?,11?,12-,13-/m1/s1. The van der Waals surface area contributed by atoms with Crippen LogP contribution < -0.4 is 5.32 Å². The van der Waals surface area contributed by atoms with Gasteiger partial charge in [0, 0.05) is 13.0 Å². The lowest BCUT2D eigenvalue weighted by Crippen LogP contribution is -2.61. The van der Waals surface area contributed by atoms with Gasteiger partial charge in [0.05, 0.1) is 18.7 Å². The number of aliphatic hydroxyl groups excluding tert-OH is 3. The summed E-state index contributed by atoms with van der Waals surface area (Å²) in [5, 5.41) is 32.9. The highest BCUT2D eigenvalue weighted by molar-refractivity contribution is 5.82. The highest BCUT2D eigenvalue weighted by Crippen LogP contribution is 2.26. The molecule has 1 fully saturated rings. The molecule has 4 N–H and O–H groups in total. The fraction of sp³-hybridized carbons (Fsp3) is 0.500. The normalized spacial score (nSPS) is 32.8. The summed E-state index contributed by atoms with van der Waals surface area (Å²) in [5.41, 5.74) is 1.12. The summed E-state index contributed by atoms with van der Waals surface area (Å²) in [6.07, 6.45) is -2.46. The topological polar surface area (TPSA) is 88.3 Å². The molecule has 20 heavy (non-hydrogen) atoms. The third-order valence-corrected chi connectivity index (χ3v) is 3.89. The first-order valence-electron chi connectivity index (χ1n) is 6.81. The molecule has 0 aromatic heterocycles. The van der Waals surface area contributed by atoms with Gasteiger partial charge in [-0.3, -0.25) is 4.99 Å². The Balaban J connectivity index is 1.67. The van der Waals surface area contributed by atoms with Crippen molar-refractivity contribution in [2.24, 2.45) is 4.99 Å². The van der Waals surface area contributed by atoms with Gasteiger partial charge in [0.15, 0.2) is 5.96 Å². The van der Waals surface area contributed by atoms with Crippen molar-refractivity contribution >= 4 is 5.96 Å². The maximum atomic E-state index is 10.1. The van der Waals surface area contributed by atoms with Gasteiger partial charge >= 0.3 is 0 Å². The summed E-state index contributed by atoms with van der Waals surface area (Å²) in [5.74, 6) is 0.581. The van der Waals surface area contributed by atoms with Crippen molar-refractivity contribution in [3.63, 3.8) is 0 Å². The number of hydrogen-bond acceptors (Lipinski definition) is 6. The Kier molecular flexibility index (Phi) is 3.60. The van der Waals surface area contributed by atoms with Gasteiger partial charge < -0.3 is 25.5 Å². The van der Waals surface area contributed by atoms with Crippen LogP contribution in [0.2, 0.25) is 0 Å². The predicted molar refractivity (Wildman–Crippen MR) is 73.8 cm³/mol. The molecule has 2 heterocycles. The van der Waals surface area contributed by atoms with E-state index in [9.17, 15) is 15.3 Å². The van der Waals surface area contributed by atoms with Crippen LogP contribution in [-0.2, 0) is 6.54 Å². The van der Waals surface area contributed by atoms with Crippen LogP contribution in [0, 0.1) is 0 Å². The number of fused-ring (bicyclic) bond motifs is 1. The van der Waals surface area contributed by atoms with Gasteiger partial charge in [-0.05, 0) is 5.56 Å². The van der Waals surface area contributed by atoms with E-state index in [1.165, 1.54) is 0 Å². The smallest absolute Gasteiger partial charge is 0.196 e. The van der Waals surface area contributed by atoms with Gasteiger partial charge in [-0.1, -0.05) is 30.3 Å². The van der Waals surface area contributed by atoms with E-state index in [1.807, 2.05) is 30.3 Å². The maximum Gasteiger partial charge on any atom is 0.196 e. The molecule has 0 radical (unpaired) electrons. The predicted octanol–water partition coefficient (Wildman–Crippen LogP) is -0.740. The van der Waals surface area contributed by atoms with Crippen LogP contribution >= 0.6 is 0 Å². The molecule has 0 bridgehead atoms. The Bertz CT molecular complexity index is 494. The zero-order valence-electron chi connectivity index (χ0n) is 11.1. The average molecular weight is 277 g/mol. The van der Waals surface area contributed by atoms with Crippen molar-refractivity contribution in [1.82, 2.24) is 10.2 Å². The van der Waals surface area contributed by atoms with Crippen LogP contribution in [0.5, 0.6) is 0 Å². The number of rotatable bonds is 2. The first kappa shape index (κ1) is 13.4. The molecular formula is C14H19N3O3. The Morgan fingerprint density at radius 3 is 2.70 bits per heavy atom. The Morgan fingerprint density at radius 2 is 1.95 bits per heavy atom. The number of hydrogen-bond donors (Lipinski definition) is 4. The van der Waals surface area contributed by atoms with E-state index in [0.29, 0.717) is 19.0 Å². The summed E-state index contributed by atoms with van der Waals surface area (Å²) in [6, 6.07) is 9.54. The van der Waals surface area contributed by atoms with Crippen LogP contribution in [-0.4, -0.2) is 57.2 Å². The largest absolute Gasteiger partial charge is 0.390 e. The second-order valence-corrected chi connectivity index (χ2v) is 5.25. The zero-order chi connectivity index (χ0) is 14.1. The van der Waals surface area contributed by atoms with Crippen molar-refractivity contribution in [2.45, 2.75) is 37.4 Å². The lowest BCUT2D eigenvalue weighted by molar-refractivity contribution is -0.121. The van der Waals surface area contributed by atoms with E-state index >= 15 is 0 Å². The summed E-state index contributed by atoms with van der Waals surface area (Å²) >= 11 is 0. The summed E-state index contributed by atoms with van der Waals surface area (Å²) in [4.78, 5) is 6.00. The van der Waals surface area contributed by atoms with Crippen LogP contribution in [0.4, 0.5) is 0 Å². The van der Waals surface area contributed by atoms with Crippen molar-refractivity contribution in [3.8, 4) is 0 Å². The van der Waals surface area contributed by atoms with Gasteiger partial charge in [-0.25, -0.2) is 0 Å². The van der Waals surface area contributed by atoms with E-state index < -0.39 is 18.4 Å². The molecule has 0 saturated carbocycles. The number of piperidine rings is 1. The maximum absolute atomic E-state index is 10.1. The van der Waals surface area contributed by atoms with Crippen LogP contribution in [0.15, 0.2) is 35.3 Å². The minimum atomic E-state index is -0.894. The van der Waals surface area contributed by atoms with Crippen LogP contribution in [0.3, 0.4) is 0 Å². The van der Waals surface area contributed by atoms with E-state index in [2.05, 4.69) is 10.3 Å². The molecule has 0 spiro atoms. The van der Waals surface area contributed by atoms with E-state index in [1.54, 1.807) is 4.90 Å². The third-order valence-electron chi connectivity index (χ3n) is 3.89. The SMILES string of the molecule is OC1C[C@@H](O)N2C(NCc3ccccc3)=NCC2[C@H]1O. The highest BCUT2D eigenvalue weighted by atomic mass is 16.3. The summed E-state index contributed by atoms with van der Waals surface area (Å²) in [6.45, 7) is 0.987. The first-order valence-corrected chi connectivity index (χ1v) is 6.81. The lowest BCUT2D eigenvalue weighted by Gasteiger charge is -2.41. The number of nitrogens with zero attached hydrogens (tertiary/aromatic N) is 2. The molecular weight excluding hydrogens is 258 g/mol. The van der Waals surface area contributed by atoms with E-state index in [4.69, 9.17) is 0 Å². The van der Waals surface area contributed by atoms with E-state index in [-0.39, 0.29) is 12.5 Å². The van der Waals surface area contributed by atoms with Gasteiger partial charge in [-0.2, -0.15) is 0 Å². The van der Waals surface area contributed by atoms with Gasteiger partial charge in [0.25, 0.3) is 0 Å². The van der Waals surface area contributed by atoms with Crippen LogP contribution in [0.25, 0.3) is 0 Å². The van der Waals surface area contributed by atoms with Gasteiger partial charge in [0.2, 0.25) is 0 Å². The molecule has 1 aromatic rings. The fourth-order valence-corrected chi connectivity index (χ4v) is 2.79. The molecule has 1 saturated heterocycles. The van der Waals surface area contributed by atoms with Crippen molar-refractivity contribution < 1.29 is 15.3 Å². The third kappa shape index (κ3) is 2.37. The summed E-state index contributed by atoms with van der Waals surface area (Å²) < 4.78 is 0. The minimum absolute atomic E-state index is 0.129. The number of benzene rings is 1.